The largest absolute Gasteiger partial charge is 0.397 e. The predicted molar refractivity (Wildman–Crippen MR) is 77.4 cm³/mol. The highest BCUT2D eigenvalue weighted by Gasteiger charge is 2.07. The van der Waals surface area contributed by atoms with E-state index in [1.807, 2.05) is 24.3 Å². The SMILES string of the molecule is Nc1ccc(C(=O)Nc2cccc(Br)c2)cc1N. The van der Waals surface area contributed by atoms with Crippen LogP contribution in [0.25, 0.3) is 0 Å². The molecule has 2 aromatic rings. The maximum absolute atomic E-state index is 12.0. The van der Waals surface area contributed by atoms with E-state index in [2.05, 4.69) is 21.2 Å². The second kappa shape index (κ2) is 5.10. The fourth-order valence-electron chi connectivity index (χ4n) is 1.49. The summed E-state index contributed by atoms with van der Waals surface area (Å²) >= 11 is 3.34. The van der Waals surface area contributed by atoms with E-state index >= 15 is 0 Å². The van der Waals surface area contributed by atoms with E-state index in [4.69, 9.17) is 11.5 Å². The first kappa shape index (κ1) is 12.4. The van der Waals surface area contributed by atoms with Gasteiger partial charge in [0, 0.05) is 15.7 Å². The summed E-state index contributed by atoms with van der Waals surface area (Å²) in [7, 11) is 0. The van der Waals surface area contributed by atoms with Gasteiger partial charge in [0.25, 0.3) is 5.91 Å². The third-order valence-corrected chi connectivity index (χ3v) is 2.92. The Morgan fingerprint density at radius 2 is 1.83 bits per heavy atom. The number of carbonyl (C=O) groups is 1. The molecule has 5 heteroatoms. The van der Waals surface area contributed by atoms with Gasteiger partial charge in [-0.3, -0.25) is 4.79 Å². The van der Waals surface area contributed by atoms with Crippen LogP contribution < -0.4 is 16.8 Å². The van der Waals surface area contributed by atoms with Gasteiger partial charge in [-0.1, -0.05) is 22.0 Å². The fourth-order valence-corrected chi connectivity index (χ4v) is 1.88. The van der Waals surface area contributed by atoms with Crippen LogP contribution in [-0.2, 0) is 0 Å². The molecule has 0 fully saturated rings. The van der Waals surface area contributed by atoms with Crippen LogP contribution in [-0.4, -0.2) is 5.91 Å². The van der Waals surface area contributed by atoms with Crippen molar-refractivity contribution < 1.29 is 4.79 Å². The molecule has 0 saturated heterocycles. The Morgan fingerprint density at radius 3 is 2.50 bits per heavy atom. The van der Waals surface area contributed by atoms with Crippen molar-refractivity contribution in [2.75, 3.05) is 16.8 Å². The Bertz CT molecular complexity index is 599. The van der Waals surface area contributed by atoms with Crippen molar-refractivity contribution in [3.63, 3.8) is 0 Å². The first-order valence-corrected chi connectivity index (χ1v) is 6.07. The second-order valence-corrected chi connectivity index (χ2v) is 4.72. The molecule has 0 bridgehead atoms. The molecule has 0 aliphatic rings. The number of carbonyl (C=O) groups excluding carboxylic acids is 1. The maximum atomic E-state index is 12.0. The Labute approximate surface area is 113 Å². The molecule has 0 atom stereocenters. The van der Waals surface area contributed by atoms with Gasteiger partial charge in [-0.15, -0.1) is 0 Å². The quantitative estimate of drug-likeness (QED) is 0.746. The summed E-state index contributed by atoms with van der Waals surface area (Å²) in [6.45, 7) is 0. The van der Waals surface area contributed by atoms with Gasteiger partial charge in [-0.25, -0.2) is 0 Å². The molecule has 0 heterocycles. The molecule has 0 unspecified atom stereocenters. The number of nitrogens with two attached hydrogens (primary N) is 2. The molecule has 0 saturated carbocycles. The minimum atomic E-state index is -0.222. The lowest BCUT2D eigenvalue weighted by molar-refractivity contribution is 0.102. The molecule has 2 rings (SSSR count). The number of anilines is 3. The lowest BCUT2D eigenvalue weighted by Crippen LogP contribution is -2.12. The van der Waals surface area contributed by atoms with Gasteiger partial charge in [0.1, 0.15) is 0 Å². The third kappa shape index (κ3) is 2.81. The molecule has 18 heavy (non-hydrogen) atoms. The van der Waals surface area contributed by atoms with Crippen molar-refractivity contribution in [3.8, 4) is 0 Å². The highest BCUT2D eigenvalue weighted by molar-refractivity contribution is 9.10. The molecule has 0 aliphatic heterocycles. The zero-order valence-corrected chi connectivity index (χ0v) is 11.1. The normalized spacial score (nSPS) is 10.1. The smallest absolute Gasteiger partial charge is 0.255 e. The van der Waals surface area contributed by atoms with Crippen molar-refractivity contribution in [2.24, 2.45) is 0 Å². The molecule has 92 valence electrons. The Kier molecular flexibility index (Phi) is 3.53. The summed E-state index contributed by atoms with van der Waals surface area (Å²) < 4.78 is 0.900. The Hall–Kier alpha value is -2.01. The van der Waals surface area contributed by atoms with Gasteiger partial charge < -0.3 is 16.8 Å². The minimum Gasteiger partial charge on any atom is -0.397 e. The van der Waals surface area contributed by atoms with Crippen LogP contribution in [0.2, 0.25) is 0 Å². The number of halogens is 1. The van der Waals surface area contributed by atoms with Crippen LogP contribution >= 0.6 is 15.9 Å². The van der Waals surface area contributed by atoms with Gasteiger partial charge in [0.05, 0.1) is 11.4 Å². The summed E-state index contributed by atoms with van der Waals surface area (Å²) in [4.78, 5) is 12.0. The number of rotatable bonds is 2. The highest BCUT2D eigenvalue weighted by Crippen LogP contribution is 2.19. The summed E-state index contributed by atoms with van der Waals surface area (Å²) in [5, 5.41) is 2.78. The summed E-state index contributed by atoms with van der Waals surface area (Å²) in [6, 6.07) is 12.2. The van der Waals surface area contributed by atoms with E-state index in [0.717, 1.165) is 4.47 Å². The van der Waals surface area contributed by atoms with E-state index in [1.54, 1.807) is 18.2 Å². The zero-order chi connectivity index (χ0) is 13.1. The summed E-state index contributed by atoms with van der Waals surface area (Å²) in [5.41, 5.74) is 13.3. The molecule has 0 aliphatic carbocycles. The predicted octanol–water partition coefficient (Wildman–Crippen LogP) is 2.87. The van der Waals surface area contributed by atoms with Crippen LogP contribution in [0, 0.1) is 0 Å². The van der Waals surface area contributed by atoms with Gasteiger partial charge in [-0.2, -0.15) is 0 Å². The topological polar surface area (TPSA) is 81.1 Å². The summed E-state index contributed by atoms with van der Waals surface area (Å²) in [5.74, 6) is -0.222. The molecule has 5 N–H and O–H groups in total. The molecular formula is C13H12BrN3O. The van der Waals surface area contributed by atoms with E-state index in [-0.39, 0.29) is 5.91 Å². The van der Waals surface area contributed by atoms with Crippen LogP contribution in [0.15, 0.2) is 46.9 Å². The average Bonchev–Trinajstić information content (AvgIpc) is 2.32. The van der Waals surface area contributed by atoms with Crippen molar-refractivity contribution in [1.29, 1.82) is 0 Å². The lowest BCUT2D eigenvalue weighted by Gasteiger charge is -2.07. The number of benzene rings is 2. The minimum absolute atomic E-state index is 0.222. The Balaban J connectivity index is 2.19. The van der Waals surface area contributed by atoms with Crippen LogP contribution in [0.5, 0.6) is 0 Å². The number of amides is 1. The fraction of sp³-hybridized carbons (Fsp3) is 0. The molecular weight excluding hydrogens is 294 g/mol. The molecule has 0 spiro atoms. The van der Waals surface area contributed by atoms with Gasteiger partial charge in [-0.05, 0) is 36.4 Å². The standard InChI is InChI=1S/C13H12BrN3O/c14-9-2-1-3-10(7-9)17-13(18)8-4-5-11(15)12(16)6-8/h1-7H,15-16H2,(H,17,18). The van der Waals surface area contributed by atoms with Crippen LogP contribution in [0.1, 0.15) is 10.4 Å². The molecule has 0 radical (unpaired) electrons. The first-order valence-electron chi connectivity index (χ1n) is 5.28. The number of hydrogen-bond donors (Lipinski definition) is 3. The van der Waals surface area contributed by atoms with Crippen LogP contribution in [0.3, 0.4) is 0 Å². The van der Waals surface area contributed by atoms with Gasteiger partial charge in [0.15, 0.2) is 0 Å². The molecule has 1 amide bonds. The second-order valence-electron chi connectivity index (χ2n) is 3.81. The lowest BCUT2D eigenvalue weighted by atomic mass is 10.1. The number of hydrogen-bond acceptors (Lipinski definition) is 3. The summed E-state index contributed by atoms with van der Waals surface area (Å²) in [6.07, 6.45) is 0. The molecule has 4 nitrogen and oxygen atoms in total. The van der Waals surface area contributed by atoms with Crippen LogP contribution in [0.4, 0.5) is 17.1 Å². The average molecular weight is 306 g/mol. The van der Waals surface area contributed by atoms with Crippen molar-refractivity contribution >= 4 is 38.9 Å². The monoisotopic (exact) mass is 305 g/mol. The maximum Gasteiger partial charge on any atom is 0.255 e. The van der Waals surface area contributed by atoms with Crippen molar-refractivity contribution in [3.05, 3.63) is 52.5 Å². The van der Waals surface area contributed by atoms with Crippen molar-refractivity contribution in [1.82, 2.24) is 0 Å². The van der Waals surface area contributed by atoms with E-state index in [0.29, 0.717) is 22.6 Å². The Morgan fingerprint density at radius 1 is 1.06 bits per heavy atom. The van der Waals surface area contributed by atoms with Gasteiger partial charge in [0.2, 0.25) is 0 Å². The van der Waals surface area contributed by atoms with Gasteiger partial charge >= 0.3 is 0 Å². The van der Waals surface area contributed by atoms with E-state index < -0.39 is 0 Å². The highest BCUT2D eigenvalue weighted by atomic mass is 79.9. The molecule has 0 aromatic heterocycles. The zero-order valence-electron chi connectivity index (χ0n) is 9.48. The van der Waals surface area contributed by atoms with E-state index in [1.165, 1.54) is 0 Å². The third-order valence-electron chi connectivity index (χ3n) is 2.43. The van der Waals surface area contributed by atoms with E-state index in [9.17, 15) is 4.79 Å². The number of nitrogens with one attached hydrogen (secondary N) is 1. The van der Waals surface area contributed by atoms with Crippen molar-refractivity contribution in [2.45, 2.75) is 0 Å². The molecule has 2 aromatic carbocycles. The first-order chi connectivity index (χ1) is 8.56. The number of nitrogen functional groups attached to an aromatic ring is 2.